The summed E-state index contributed by atoms with van der Waals surface area (Å²) in [5, 5.41) is 9.47. The van der Waals surface area contributed by atoms with Crippen LogP contribution in [-0.2, 0) is 35.5 Å². The number of halogens is 2. The van der Waals surface area contributed by atoms with Gasteiger partial charge in [-0.15, -0.1) is 0 Å². The van der Waals surface area contributed by atoms with Crippen LogP contribution in [0.1, 0.15) is 41.6 Å². The van der Waals surface area contributed by atoms with Gasteiger partial charge in [-0.25, -0.2) is 8.78 Å². The quantitative estimate of drug-likeness (QED) is 0.449. The summed E-state index contributed by atoms with van der Waals surface area (Å²) in [6.45, 7) is 7.70. The number of anilines is 2. The molecule has 0 radical (unpaired) electrons. The summed E-state index contributed by atoms with van der Waals surface area (Å²) in [6.07, 6.45) is 3.42. The lowest BCUT2D eigenvalue weighted by Gasteiger charge is -2.42. The highest BCUT2D eigenvalue weighted by Crippen LogP contribution is 2.36. The predicted molar refractivity (Wildman–Crippen MR) is 156 cm³/mol. The van der Waals surface area contributed by atoms with Crippen molar-refractivity contribution < 1.29 is 23.0 Å². The number of piperazine rings is 1. The van der Waals surface area contributed by atoms with Crippen molar-refractivity contribution in [3.8, 4) is 12.1 Å². The molecule has 2 aromatic rings. The Morgan fingerprint density at radius 2 is 2.00 bits per heavy atom. The van der Waals surface area contributed by atoms with Gasteiger partial charge in [0.25, 0.3) is 5.91 Å². The van der Waals surface area contributed by atoms with Gasteiger partial charge in [0.1, 0.15) is 18.2 Å². The summed E-state index contributed by atoms with van der Waals surface area (Å²) < 4.78 is 40.3. The molecule has 0 N–H and O–H groups in total. The maximum Gasteiger partial charge on any atom is 0.318 e. The number of carbonyl (C=O) groups excluding carboxylic acids is 1. The number of nitriles is 1. The molecular formula is C31H37F2N7O3. The Hall–Kier alpha value is -3.82. The molecule has 0 bridgehead atoms. The van der Waals surface area contributed by atoms with E-state index in [0.29, 0.717) is 58.8 Å². The summed E-state index contributed by atoms with van der Waals surface area (Å²) in [7, 11) is 2.09. The van der Waals surface area contributed by atoms with Crippen LogP contribution in [0, 0.1) is 17.1 Å². The van der Waals surface area contributed by atoms with E-state index in [0.717, 1.165) is 53.3 Å². The van der Waals surface area contributed by atoms with Gasteiger partial charge < -0.3 is 29.1 Å². The highest BCUT2D eigenvalue weighted by atomic mass is 19.1. The van der Waals surface area contributed by atoms with Crippen molar-refractivity contribution in [2.24, 2.45) is 0 Å². The van der Waals surface area contributed by atoms with E-state index < -0.39 is 17.8 Å². The van der Waals surface area contributed by atoms with Crippen molar-refractivity contribution in [1.29, 1.82) is 5.26 Å². The number of hydrogen-bond acceptors (Lipinski definition) is 9. The molecule has 10 nitrogen and oxygen atoms in total. The molecule has 0 aliphatic carbocycles. The third-order valence-corrected chi connectivity index (χ3v) is 9.13. The first-order valence-corrected chi connectivity index (χ1v) is 15.0. The number of likely N-dealkylation sites (N-methyl/N-ethyl adjacent to an activating group) is 1. The topological polar surface area (TPSA) is 98.1 Å². The van der Waals surface area contributed by atoms with Crippen molar-refractivity contribution in [3.63, 3.8) is 0 Å². The van der Waals surface area contributed by atoms with Gasteiger partial charge in [-0.05, 0) is 57.0 Å². The van der Waals surface area contributed by atoms with Crippen LogP contribution < -0.4 is 14.5 Å². The number of nitrogens with zero attached hydrogens (tertiary/aromatic N) is 7. The third kappa shape index (κ3) is 5.88. The van der Waals surface area contributed by atoms with Crippen LogP contribution >= 0.6 is 0 Å². The summed E-state index contributed by atoms with van der Waals surface area (Å²) >= 11 is 0. The molecule has 6 rings (SSSR count). The zero-order valence-corrected chi connectivity index (χ0v) is 24.5. The number of fused-ring (bicyclic) bond motifs is 2. The zero-order valence-electron chi connectivity index (χ0n) is 24.5. The van der Waals surface area contributed by atoms with Crippen LogP contribution in [0.2, 0.25) is 0 Å². The lowest BCUT2D eigenvalue weighted by atomic mass is 9.97. The Kier molecular flexibility index (Phi) is 8.45. The molecule has 4 aliphatic rings. The molecule has 0 spiro atoms. The normalized spacial score (nSPS) is 22.1. The Morgan fingerprint density at radius 1 is 1.14 bits per heavy atom. The second-order valence-corrected chi connectivity index (χ2v) is 11.7. The summed E-state index contributed by atoms with van der Waals surface area (Å²) in [4.78, 5) is 30.2. The Labute approximate surface area is 250 Å². The molecule has 1 aromatic carbocycles. The van der Waals surface area contributed by atoms with Gasteiger partial charge in [0.05, 0.1) is 44.0 Å². The van der Waals surface area contributed by atoms with Crippen molar-refractivity contribution in [1.82, 2.24) is 19.8 Å². The van der Waals surface area contributed by atoms with E-state index in [1.165, 1.54) is 11.0 Å². The molecule has 2 fully saturated rings. The van der Waals surface area contributed by atoms with Gasteiger partial charge in [-0.2, -0.15) is 15.2 Å². The molecule has 1 aromatic heterocycles. The van der Waals surface area contributed by atoms with Crippen LogP contribution in [-0.4, -0.2) is 90.7 Å². The fourth-order valence-corrected chi connectivity index (χ4v) is 6.76. The fourth-order valence-electron chi connectivity index (χ4n) is 6.76. The molecule has 0 saturated carbocycles. The van der Waals surface area contributed by atoms with Crippen molar-refractivity contribution in [3.05, 3.63) is 52.7 Å². The van der Waals surface area contributed by atoms with Crippen LogP contribution in [0.3, 0.4) is 0 Å². The molecule has 2 atom stereocenters. The highest BCUT2D eigenvalue weighted by molar-refractivity contribution is 5.91. The molecule has 0 unspecified atom stereocenters. The lowest BCUT2D eigenvalue weighted by Crippen LogP contribution is -2.55. The molecule has 12 heteroatoms. The number of rotatable bonds is 7. The van der Waals surface area contributed by atoms with E-state index in [1.54, 1.807) is 0 Å². The van der Waals surface area contributed by atoms with Gasteiger partial charge >= 0.3 is 6.01 Å². The average Bonchev–Trinajstić information content (AvgIpc) is 3.43. The van der Waals surface area contributed by atoms with Gasteiger partial charge in [-0.3, -0.25) is 4.79 Å². The number of ether oxygens (including phenoxy) is 2. The van der Waals surface area contributed by atoms with E-state index in [9.17, 15) is 18.8 Å². The van der Waals surface area contributed by atoms with Crippen molar-refractivity contribution in [2.75, 3.05) is 62.8 Å². The number of benzene rings is 1. The van der Waals surface area contributed by atoms with Crippen LogP contribution in [0.4, 0.5) is 20.3 Å². The minimum Gasteiger partial charge on any atom is -0.462 e. The SMILES string of the molecule is C=C(F)C(=O)N1CCN(c2nc(OC[C@@H]3CCCN3C)nc3c2CCN(c2ccc(F)c4c2COCC4)C3)C[C@@H]1CC#N. The first kappa shape index (κ1) is 29.3. The maximum atomic E-state index is 14.6. The molecule has 43 heavy (non-hydrogen) atoms. The summed E-state index contributed by atoms with van der Waals surface area (Å²) in [6, 6.07) is 5.56. The minimum absolute atomic E-state index is 0.0612. The maximum absolute atomic E-state index is 14.6. The largest absolute Gasteiger partial charge is 0.462 e. The van der Waals surface area contributed by atoms with Gasteiger partial charge in [-0.1, -0.05) is 6.58 Å². The first-order chi connectivity index (χ1) is 20.8. The Bertz CT molecular complexity index is 1450. The second-order valence-electron chi connectivity index (χ2n) is 11.7. The first-order valence-electron chi connectivity index (χ1n) is 15.0. The number of carbonyl (C=O) groups is 1. The van der Waals surface area contributed by atoms with Gasteiger partial charge in [0.15, 0.2) is 5.83 Å². The van der Waals surface area contributed by atoms with Crippen LogP contribution in [0.15, 0.2) is 24.5 Å². The fraction of sp³-hybridized carbons (Fsp3) is 0.548. The van der Waals surface area contributed by atoms with Crippen LogP contribution in [0.25, 0.3) is 0 Å². The number of aromatic nitrogens is 2. The van der Waals surface area contributed by atoms with E-state index in [-0.39, 0.29) is 30.8 Å². The average molecular weight is 594 g/mol. The number of hydrogen-bond donors (Lipinski definition) is 0. The van der Waals surface area contributed by atoms with Crippen molar-refractivity contribution in [2.45, 2.75) is 57.3 Å². The summed E-state index contributed by atoms with van der Waals surface area (Å²) in [5.74, 6) is -1.29. The molecular weight excluding hydrogens is 556 g/mol. The number of amides is 1. The van der Waals surface area contributed by atoms with E-state index in [4.69, 9.17) is 19.4 Å². The van der Waals surface area contributed by atoms with E-state index in [2.05, 4.69) is 34.4 Å². The standard InChI is InChI=1S/C31H37F2N7O3/c1-20(32)30(41)40-14-13-39(16-21(40)7-10-34)29-24-8-12-38(28-6-5-26(33)23-9-15-42-19-25(23)28)17-27(24)35-31(36-29)43-18-22-4-3-11-37(22)2/h5-6,21-22H,1,3-4,7-9,11-19H2,2H3/t21-,22-/m0/s1. The molecule has 5 heterocycles. The number of likely N-dealkylation sites (tertiary alicyclic amines) is 1. The summed E-state index contributed by atoms with van der Waals surface area (Å²) in [5.41, 5.74) is 4.37. The Balaban J connectivity index is 1.32. The second kappa shape index (κ2) is 12.4. The highest BCUT2D eigenvalue weighted by Gasteiger charge is 2.35. The zero-order chi connectivity index (χ0) is 30.1. The molecule has 4 aliphatic heterocycles. The Morgan fingerprint density at radius 3 is 2.77 bits per heavy atom. The van der Waals surface area contributed by atoms with Gasteiger partial charge in [0.2, 0.25) is 0 Å². The smallest absolute Gasteiger partial charge is 0.318 e. The van der Waals surface area contributed by atoms with Crippen molar-refractivity contribution >= 4 is 17.4 Å². The molecule has 2 saturated heterocycles. The van der Waals surface area contributed by atoms with Gasteiger partial charge in [0, 0.05) is 49.0 Å². The third-order valence-electron chi connectivity index (χ3n) is 9.13. The minimum atomic E-state index is -1.03. The molecule has 1 amide bonds. The monoisotopic (exact) mass is 593 g/mol. The lowest BCUT2D eigenvalue weighted by molar-refractivity contribution is -0.131. The molecule has 228 valence electrons. The van der Waals surface area contributed by atoms with Crippen LogP contribution in [0.5, 0.6) is 6.01 Å². The van der Waals surface area contributed by atoms with E-state index in [1.807, 2.05) is 6.07 Å². The van der Waals surface area contributed by atoms with E-state index >= 15 is 0 Å². The predicted octanol–water partition coefficient (Wildman–Crippen LogP) is 3.14.